The average molecular weight is 354 g/mol. The summed E-state index contributed by atoms with van der Waals surface area (Å²) in [6.07, 6.45) is 3.05. The number of halogens is 1. The Morgan fingerprint density at radius 3 is 2.90 bits per heavy atom. The predicted octanol–water partition coefficient (Wildman–Crippen LogP) is 2.90. The van der Waals surface area contributed by atoms with Gasteiger partial charge < -0.3 is 14.8 Å². The number of nitrogens with zero attached hydrogens (tertiary/aromatic N) is 2. The van der Waals surface area contributed by atoms with Crippen molar-refractivity contribution in [1.82, 2.24) is 14.8 Å². The number of hydrogen-bond donors (Lipinski definition) is 1. The van der Waals surface area contributed by atoms with Crippen molar-refractivity contribution >= 4 is 21.8 Å². The topological polar surface area (TPSA) is 37.3 Å². The largest absolute Gasteiger partial charge is 0.340 e. The van der Waals surface area contributed by atoms with Gasteiger partial charge >= 0.3 is 0 Å². The predicted molar refractivity (Wildman–Crippen MR) is 87.5 cm³/mol. The van der Waals surface area contributed by atoms with E-state index in [2.05, 4.69) is 51.5 Å². The highest BCUT2D eigenvalue weighted by molar-refractivity contribution is 9.10. The van der Waals surface area contributed by atoms with Crippen LogP contribution in [0.2, 0.25) is 0 Å². The van der Waals surface area contributed by atoms with E-state index in [1.54, 1.807) is 0 Å². The quantitative estimate of drug-likeness (QED) is 0.906. The Labute approximate surface area is 135 Å². The molecule has 0 radical (unpaired) electrons. The van der Waals surface area contributed by atoms with E-state index in [-0.39, 0.29) is 5.91 Å². The Morgan fingerprint density at radius 2 is 2.24 bits per heavy atom. The molecule has 3 rings (SSSR count). The minimum Gasteiger partial charge on any atom is -0.340 e. The van der Waals surface area contributed by atoms with E-state index >= 15 is 0 Å². The molecule has 2 saturated heterocycles. The number of likely N-dealkylation sites (tertiary alicyclic amines) is 1. The van der Waals surface area contributed by atoms with E-state index in [0.717, 1.165) is 36.2 Å². The summed E-state index contributed by atoms with van der Waals surface area (Å²) in [5.41, 5.74) is 0.809. The maximum Gasteiger partial charge on any atom is 0.270 e. The van der Waals surface area contributed by atoms with E-state index in [1.165, 1.54) is 0 Å². The summed E-state index contributed by atoms with van der Waals surface area (Å²) in [5, 5.41) is 3.47. The molecule has 0 saturated carbocycles. The highest BCUT2D eigenvalue weighted by atomic mass is 79.9. The number of nitrogens with one attached hydrogen (secondary N) is 1. The molecule has 3 unspecified atom stereocenters. The minimum absolute atomic E-state index is 0.190. The van der Waals surface area contributed by atoms with E-state index in [1.807, 2.05) is 12.3 Å². The lowest BCUT2D eigenvalue weighted by Crippen LogP contribution is -2.40. The van der Waals surface area contributed by atoms with Gasteiger partial charge in [0.15, 0.2) is 0 Å². The van der Waals surface area contributed by atoms with Crippen LogP contribution in [0, 0.1) is 11.8 Å². The van der Waals surface area contributed by atoms with E-state index in [0.29, 0.717) is 23.9 Å². The van der Waals surface area contributed by atoms with Crippen molar-refractivity contribution in [3.63, 3.8) is 0 Å². The van der Waals surface area contributed by atoms with Crippen molar-refractivity contribution < 1.29 is 4.79 Å². The maximum atomic E-state index is 13.0. The number of amides is 1. The maximum absolute atomic E-state index is 13.0. The molecule has 2 aliphatic rings. The molecule has 3 atom stereocenters. The first-order chi connectivity index (χ1) is 10.0. The van der Waals surface area contributed by atoms with Crippen molar-refractivity contribution in [2.45, 2.75) is 39.3 Å². The Hall–Kier alpha value is -0.810. The second-order valence-corrected chi connectivity index (χ2v) is 7.48. The van der Waals surface area contributed by atoms with Crippen molar-refractivity contribution in [3.8, 4) is 0 Å². The van der Waals surface area contributed by atoms with Crippen LogP contribution < -0.4 is 5.32 Å². The number of aromatic nitrogens is 1. The van der Waals surface area contributed by atoms with Crippen LogP contribution in [0.15, 0.2) is 16.7 Å². The molecule has 21 heavy (non-hydrogen) atoms. The molecule has 1 aromatic rings. The number of carbonyl (C=O) groups excluding carboxylic acids is 1. The third-order valence-corrected chi connectivity index (χ3v) is 5.42. The molecule has 2 aliphatic heterocycles. The lowest BCUT2D eigenvalue weighted by Gasteiger charge is -2.27. The summed E-state index contributed by atoms with van der Waals surface area (Å²) < 4.78 is 3.06. The highest BCUT2D eigenvalue weighted by Gasteiger charge is 2.45. The van der Waals surface area contributed by atoms with Crippen molar-refractivity contribution in [3.05, 3.63) is 22.4 Å². The molecule has 1 amide bonds. The fourth-order valence-corrected chi connectivity index (χ4v) is 4.41. The van der Waals surface area contributed by atoms with Crippen LogP contribution >= 0.6 is 15.9 Å². The number of fused-ring (bicyclic) bond motifs is 1. The zero-order valence-electron chi connectivity index (χ0n) is 13.0. The Morgan fingerprint density at radius 1 is 1.48 bits per heavy atom. The molecule has 2 fully saturated rings. The summed E-state index contributed by atoms with van der Waals surface area (Å²) in [6.45, 7) is 9.44. The van der Waals surface area contributed by atoms with Gasteiger partial charge in [0.05, 0.1) is 0 Å². The summed E-state index contributed by atoms with van der Waals surface area (Å²) >= 11 is 3.51. The van der Waals surface area contributed by atoms with Gasteiger partial charge in [-0.25, -0.2) is 0 Å². The first kappa shape index (κ1) is 15.1. The van der Waals surface area contributed by atoms with Crippen LogP contribution in [0.25, 0.3) is 0 Å². The van der Waals surface area contributed by atoms with E-state index < -0.39 is 0 Å². The second kappa shape index (κ2) is 5.76. The monoisotopic (exact) mass is 353 g/mol. The second-order valence-electron chi connectivity index (χ2n) is 6.56. The van der Waals surface area contributed by atoms with Crippen LogP contribution in [0.5, 0.6) is 0 Å². The lowest BCUT2D eigenvalue weighted by molar-refractivity contribution is 0.0699. The Bertz CT molecular complexity index is 540. The normalized spacial score (nSPS) is 28.4. The number of carbonyl (C=O) groups is 1. The molecular formula is C16H24BrN3O. The van der Waals surface area contributed by atoms with E-state index in [9.17, 15) is 4.79 Å². The molecule has 0 aromatic carbocycles. The zero-order valence-corrected chi connectivity index (χ0v) is 14.6. The zero-order chi connectivity index (χ0) is 15.1. The van der Waals surface area contributed by atoms with Crippen molar-refractivity contribution in [1.29, 1.82) is 0 Å². The van der Waals surface area contributed by atoms with Crippen LogP contribution in [-0.2, 0) is 0 Å². The third kappa shape index (κ3) is 2.55. The van der Waals surface area contributed by atoms with Gasteiger partial charge in [-0.2, -0.15) is 0 Å². The highest BCUT2D eigenvalue weighted by Crippen LogP contribution is 2.35. The average Bonchev–Trinajstić information content (AvgIpc) is 3.10. The summed E-state index contributed by atoms with van der Waals surface area (Å²) in [7, 11) is 0. The van der Waals surface area contributed by atoms with Gasteiger partial charge in [-0.15, -0.1) is 0 Å². The smallest absolute Gasteiger partial charge is 0.270 e. The molecule has 0 bridgehead atoms. The lowest BCUT2D eigenvalue weighted by atomic mass is 9.93. The molecular weight excluding hydrogens is 330 g/mol. The van der Waals surface area contributed by atoms with Gasteiger partial charge in [0.25, 0.3) is 5.91 Å². The van der Waals surface area contributed by atoms with Gasteiger partial charge in [0.1, 0.15) is 5.69 Å². The van der Waals surface area contributed by atoms with Crippen molar-refractivity contribution in [2.24, 2.45) is 11.8 Å². The fourth-order valence-electron chi connectivity index (χ4n) is 3.97. The molecule has 3 heterocycles. The number of hydrogen-bond acceptors (Lipinski definition) is 2. The molecule has 0 aliphatic carbocycles. The first-order valence-corrected chi connectivity index (χ1v) is 8.71. The molecule has 5 heteroatoms. The molecule has 0 spiro atoms. The molecule has 1 aromatic heterocycles. The van der Waals surface area contributed by atoms with Gasteiger partial charge in [0.2, 0.25) is 0 Å². The fraction of sp³-hybridized carbons (Fsp3) is 0.688. The molecule has 1 N–H and O–H groups in total. The standard InChI is InChI=1S/C16H24BrN3O/c1-4-14-13-7-18-6-11(13)8-20(14)16(21)15-5-12(17)9-19(15)10(2)3/h5,9-11,13-14,18H,4,6-8H2,1-3H3. The summed E-state index contributed by atoms with van der Waals surface area (Å²) in [5.74, 6) is 1.45. The van der Waals surface area contributed by atoms with E-state index in [4.69, 9.17) is 0 Å². The Balaban J connectivity index is 1.88. The summed E-state index contributed by atoms with van der Waals surface area (Å²) in [4.78, 5) is 15.2. The first-order valence-electron chi connectivity index (χ1n) is 7.92. The van der Waals surface area contributed by atoms with Gasteiger partial charge in [-0.05, 0) is 54.1 Å². The van der Waals surface area contributed by atoms with Crippen LogP contribution in [0.3, 0.4) is 0 Å². The van der Waals surface area contributed by atoms with Crippen LogP contribution in [-0.4, -0.2) is 41.1 Å². The van der Waals surface area contributed by atoms with Crippen molar-refractivity contribution in [2.75, 3.05) is 19.6 Å². The Kier molecular flexibility index (Phi) is 4.14. The van der Waals surface area contributed by atoms with Crippen LogP contribution in [0.4, 0.5) is 0 Å². The molecule has 4 nitrogen and oxygen atoms in total. The van der Waals surface area contributed by atoms with Gasteiger partial charge in [0, 0.05) is 42.4 Å². The van der Waals surface area contributed by atoms with Gasteiger partial charge in [-0.3, -0.25) is 4.79 Å². The minimum atomic E-state index is 0.190. The third-order valence-electron chi connectivity index (χ3n) is 4.99. The number of rotatable bonds is 3. The van der Waals surface area contributed by atoms with Gasteiger partial charge in [-0.1, -0.05) is 6.92 Å². The SMILES string of the molecule is CCC1C2CNCC2CN1C(=O)c1cc(Br)cn1C(C)C. The van der Waals surface area contributed by atoms with Crippen LogP contribution in [0.1, 0.15) is 43.7 Å². The summed E-state index contributed by atoms with van der Waals surface area (Å²) in [6, 6.07) is 2.63. The molecule has 116 valence electrons.